The van der Waals surface area contributed by atoms with Crippen LogP contribution in [0.2, 0.25) is 0 Å². The Bertz CT molecular complexity index is 914. The van der Waals surface area contributed by atoms with E-state index in [2.05, 4.69) is 64.9 Å². The zero-order valence-electron chi connectivity index (χ0n) is 11.5. The van der Waals surface area contributed by atoms with E-state index in [1.165, 1.54) is 21.5 Å². The molecule has 0 saturated heterocycles. The van der Waals surface area contributed by atoms with Gasteiger partial charge < -0.3 is 5.32 Å². The Hall–Kier alpha value is -2.87. The summed E-state index contributed by atoms with van der Waals surface area (Å²) in [7, 11) is 0. The molecule has 0 aliphatic heterocycles. The highest BCUT2D eigenvalue weighted by atomic mass is 15.0. The van der Waals surface area contributed by atoms with Crippen molar-refractivity contribution in [2.45, 2.75) is 0 Å². The minimum absolute atomic E-state index is 0.859. The number of nitrogens with one attached hydrogen (secondary N) is 1. The van der Waals surface area contributed by atoms with Gasteiger partial charge in [-0.3, -0.25) is 0 Å². The molecular weight excluding hydrogens is 256 g/mol. The van der Waals surface area contributed by atoms with Crippen molar-refractivity contribution in [1.29, 1.82) is 0 Å². The highest BCUT2D eigenvalue weighted by Crippen LogP contribution is 2.26. The van der Waals surface area contributed by atoms with Crippen molar-refractivity contribution < 1.29 is 0 Å². The van der Waals surface area contributed by atoms with Crippen LogP contribution in [0.5, 0.6) is 0 Å². The lowest BCUT2D eigenvalue weighted by Crippen LogP contribution is -1.92. The van der Waals surface area contributed by atoms with Gasteiger partial charge in [-0.1, -0.05) is 36.4 Å². The number of aromatic nitrogens is 1. The van der Waals surface area contributed by atoms with Crippen LogP contribution in [0, 0.1) is 0 Å². The minimum atomic E-state index is 0.859. The van der Waals surface area contributed by atoms with Crippen molar-refractivity contribution >= 4 is 33.1 Å². The Morgan fingerprint density at radius 1 is 0.619 bits per heavy atom. The largest absolute Gasteiger partial charge is 0.340 e. The lowest BCUT2D eigenvalue weighted by molar-refractivity contribution is 1.31. The quantitative estimate of drug-likeness (QED) is 0.511. The van der Waals surface area contributed by atoms with Gasteiger partial charge in [-0.05, 0) is 57.9 Å². The molecule has 4 aromatic rings. The predicted octanol–water partition coefficient (Wildman–Crippen LogP) is 5.13. The number of rotatable bonds is 2. The summed E-state index contributed by atoms with van der Waals surface area (Å²) in [6, 6.07) is 25.2. The molecular formula is C19H14N2. The molecule has 100 valence electrons. The smallest absolute Gasteiger partial charge is 0.130 e. The second kappa shape index (κ2) is 4.91. The van der Waals surface area contributed by atoms with Gasteiger partial charge in [0, 0.05) is 11.9 Å². The number of benzene rings is 3. The van der Waals surface area contributed by atoms with E-state index in [4.69, 9.17) is 0 Å². The van der Waals surface area contributed by atoms with Gasteiger partial charge in [-0.2, -0.15) is 0 Å². The van der Waals surface area contributed by atoms with E-state index >= 15 is 0 Å². The molecule has 0 aliphatic carbocycles. The third-order valence-corrected chi connectivity index (χ3v) is 3.64. The monoisotopic (exact) mass is 270 g/mol. The number of nitrogens with zero attached hydrogens (tertiary/aromatic N) is 1. The summed E-state index contributed by atoms with van der Waals surface area (Å²) in [6.07, 6.45) is 1.79. The van der Waals surface area contributed by atoms with E-state index in [-0.39, 0.29) is 0 Å². The Kier molecular flexibility index (Phi) is 2.79. The van der Waals surface area contributed by atoms with Crippen molar-refractivity contribution in [2.24, 2.45) is 0 Å². The Labute approximate surface area is 123 Å². The van der Waals surface area contributed by atoms with Crippen molar-refractivity contribution in [3.05, 3.63) is 79.0 Å². The average molecular weight is 270 g/mol. The van der Waals surface area contributed by atoms with Crippen molar-refractivity contribution in [2.75, 3.05) is 5.32 Å². The van der Waals surface area contributed by atoms with Gasteiger partial charge in [-0.25, -0.2) is 4.98 Å². The van der Waals surface area contributed by atoms with E-state index in [1.807, 2.05) is 18.2 Å². The molecule has 4 rings (SSSR count). The summed E-state index contributed by atoms with van der Waals surface area (Å²) in [5.74, 6) is 0.859. The third-order valence-electron chi connectivity index (χ3n) is 3.64. The summed E-state index contributed by atoms with van der Waals surface area (Å²) in [4.78, 5) is 4.29. The molecule has 0 spiro atoms. The molecule has 1 aromatic heterocycles. The molecule has 0 saturated carbocycles. The fourth-order valence-corrected chi connectivity index (χ4v) is 2.60. The first-order chi connectivity index (χ1) is 10.4. The Morgan fingerprint density at radius 2 is 1.33 bits per heavy atom. The van der Waals surface area contributed by atoms with Gasteiger partial charge in [0.15, 0.2) is 0 Å². The molecule has 0 amide bonds. The minimum Gasteiger partial charge on any atom is -0.340 e. The predicted molar refractivity (Wildman–Crippen MR) is 89.0 cm³/mol. The first kappa shape index (κ1) is 11.9. The highest BCUT2D eigenvalue weighted by Gasteiger charge is 2.00. The van der Waals surface area contributed by atoms with Gasteiger partial charge >= 0.3 is 0 Å². The van der Waals surface area contributed by atoms with Crippen LogP contribution in [0.25, 0.3) is 21.5 Å². The molecule has 2 heteroatoms. The van der Waals surface area contributed by atoms with Crippen LogP contribution in [-0.2, 0) is 0 Å². The van der Waals surface area contributed by atoms with Crippen molar-refractivity contribution in [3.8, 4) is 0 Å². The van der Waals surface area contributed by atoms with Crippen molar-refractivity contribution in [3.63, 3.8) is 0 Å². The van der Waals surface area contributed by atoms with Crippen LogP contribution in [0.15, 0.2) is 79.0 Å². The maximum Gasteiger partial charge on any atom is 0.130 e. The lowest BCUT2D eigenvalue weighted by atomic mass is 10.0. The summed E-state index contributed by atoms with van der Waals surface area (Å²) in [6.45, 7) is 0. The normalized spacial score (nSPS) is 10.9. The van der Waals surface area contributed by atoms with Crippen LogP contribution < -0.4 is 5.32 Å². The maximum atomic E-state index is 4.29. The van der Waals surface area contributed by atoms with E-state index in [0.29, 0.717) is 0 Å². The summed E-state index contributed by atoms with van der Waals surface area (Å²) >= 11 is 0. The third kappa shape index (κ3) is 2.32. The first-order valence-electron chi connectivity index (χ1n) is 6.99. The lowest BCUT2D eigenvalue weighted by Gasteiger charge is -2.08. The number of hydrogen-bond donors (Lipinski definition) is 1. The molecule has 21 heavy (non-hydrogen) atoms. The summed E-state index contributed by atoms with van der Waals surface area (Å²) < 4.78 is 0. The molecule has 1 heterocycles. The molecule has 0 unspecified atom stereocenters. The van der Waals surface area contributed by atoms with Gasteiger partial charge in [0.2, 0.25) is 0 Å². The van der Waals surface area contributed by atoms with Gasteiger partial charge in [0.05, 0.1) is 0 Å². The number of anilines is 2. The second-order valence-electron chi connectivity index (χ2n) is 5.10. The number of hydrogen-bond acceptors (Lipinski definition) is 2. The molecule has 1 N–H and O–H groups in total. The van der Waals surface area contributed by atoms with Crippen molar-refractivity contribution in [1.82, 2.24) is 4.98 Å². The van der Waals surface area contributed by atoms with E-state index < -0.39 is 0 Å². The van der Waals surface area contributed by atoms with Crippen LogP contribution >= 0.6 is 0 Å². The molecule has 0 aliphatic rings. The van der Waals surface area contributed by atoms with E-state index in [0.717, 1.165) is 11.5 Å². The summed E-state index contributed by atoms with van der Waals surface area (Å²) in [5.41, 5.74) is 1.05. The zero-order valence-corrected chi connectivity index (χ0v) is 11.5. The number of pyridine rings is 1. The maximum absolute atomic E-state index is 4.29. The summed E-state index contributed by atoms with van der Waals surface area (Å²) in [5, 5.41) is 8.35. The molecule has 3 aromatic carbocycles. The Balaban J connectivity index is 1.80. The fraction of sp³-hybridized carbons (Fsp3) is 0. The van der Waals surface area contributed by atoms with E-state index in [9.17, 15) is 0 Å². The molecule has 2 nitrogen and oxygen atoms in total. The van der Waals surface area contributed by atoms with Gasteiger partial charge in [0.1, 0.15) is 5.82 Å². The first-order valence-corrected chi connectivity index (χ1v) is 6.99. The topological polar surface area (TPSA) is 24.9 Å². The average Bonchev–Trinajstić information content (AvgIpc) is 2.54. The van der Waals surface area contributed by atoms with Crippen LogP contribution in [0.4, 0.5) is 11.5 Å². The fourth-order valence-electron chi connectivity index (χ4n) is 2.60. The SMILES string of the molecule is c1ccc(Nc2ccc3cc4ccccc4cc3c2)nc1. The van der Waals surface area contributed by atoms with Gasteiger partial charge in [0.25, 0.3) is 0 Å². The second-order valence-corrected chi connectivity index (χ2v) is 5.10. The molecule has 0 bridgehead atoms. The molecule has 0 fully saturated rings. The molecule has 0 atom stereocenters. The molecule has 0 radical (unpaired) electrons. The standard InChI is InChI=1S/C19H14N2/c1-2-6-15-12-17-13-18(21-19-7-3-4-10-20-19)9-8-16(17)11-14(15)5-1/h1-13H,(H,20,21). The van der Waals surface area contributed by atoms with Crippen LogP contribution in [0.1, 0.15) is 0 Å². The van der Waals surface area contributed by atoms with E-state index in [1.54, 1.807) is 6.20 Å². The van der Waals surface area contributed by atoms with Gasteiger partial charge in [-0.15, -0.1) is 0 Å². The number of fused-ring (bicyclic) bond motifs is 2. The Morgan fingerprint density at radius 3 is 2.10 bits per heavy atom. The highest BCUT2D eigenvalue weighted by molar-refractivity contribution is 5.99. The zero-order chi connectivity index (χ0) is 14.1. The van der Waals surface area contributed by atoms with Crippen LogP contribution in [-0.4, -0.2) is 4.98 Å². The van der Waals surface area contributed by atoms with Crippen LogP contribution in [0.3, 0.4) is 0 Å².